The van der Waals surface area contributed by atoms with E-state index in [2.05, 4.69) is 20.7 Å². The Morgan fingerprint density at radius 1 is 1.15 bits per heavy atom. The molecule has 1 fully saturated rings. The van der Waals surface area contributed by atoms with E-state index < -0.39 is 0 Å². The SMILES string of the molecule is O=C(Nc1ncc(C2CCNCC2)s1)c1ccc(=O)n(-c2ccccc2)n1. The van der Waals surface area contributed by atoms with Gasteiger partial charge in [0.1, 0.15) is 5.69 Å². The van der Waals surface area contributed by atoms with Crippen molar-refractivity contribution in [2.24, 2.45) is 0 Å². The third kappa shape index (κ3) is 3.96. The Morgan fingerprint density at radius 2 is 1.93 bits per heavy atom. The van der Waals surface area contributed by atoms with Crippen LogP contribution >= 0.6 is 11.3 Å². The minimum atomic E-state index is -0.383. The van der Waals surface area contributed by atoms with Gasteiger partial charge in [-0.3, -0.25) is 14.9 Å². The van der Waals surface area contributed by atoms with Gasteiger partial charge in [-0.2, -0.15) is 9.78 Å². The lowest BCUT2D eigenvalue weighted by Crippen LogP contribution is -2.26. The molecule has 0 spiro atoms. The maximum absolute atomic E-state index is 12.6. The van der Waals surface area contributed by atoms with E-state index in [-0.39, 0.29) is 17.2 Å². The highest BCUT2D eigenvalue weighted by atomic mass is 32.1. The zero-order chi connectivity index (χ0) is 18.6. The van der Waals surface area contributed by atoms with Crippen molar-refractivity contribution in [2.75, 3.05) is 18.4 Å². The highest BCUT2D eigenvalue weighted by molar-refractivity contribution is 7.15. The average molecular weight is 381 g/mol. The quantitative estimate of drug-likeness (QED) is 0.724. The van der Waals surface area contributed by atoms with Crippen molar-refractivity contribution in [1.29, 1.82) is 0 Å². The van der Waals surface area contributed by atoms with E-state index in [1.165, 1.54) is 33.0 Å². The van der Waals surface area contributed by atoms with Crippen molar-refractivity contribution < 1.29 is 4.79 Å². The number of hydrogen-bond acceptors (Lipinski definition) is 6. The molecule has 0 bridgehead atoms. The van der Waals surface area contributed by atoms with Gasteiger partial charge in [0.05, 0.1) is 5.69 Å². The van der Waals surface area contributed by atoms with Crippen LogP contribution in [0.1, 0.15) is 34.1 Å². The second-order valence-electron chi connectivity index (χ2n) is 6.35. The number of rotatable bonds is 4. The van der Waals surface area contributed by atoms with Gasteiger partial charge in [-0.25, -0.2) is 4.98 Å². The summed E-state index contributed by atoms with van der Waals surface area (Å²) >= 11 is 1.50. The molecule has 3 aromatic rings. The standard InChI is InChI=1S/C19H19N5O2S/c25-17-7-6-15(23-24(17)14-4-2-1-3-5-14)18(26)22-19-21-12-16(27-19)13-8-10-20-11-9-13/h1-7,12-13,20H,8-11H2,(H,21,22,26). The number of nitrogens with zero attached hydrogens (tertiary/aromatic N) is 3. The number of thiazole rings is 1. The molecular formula is C19H19N5O2S. The summed E-state index contributed by atoms with van der Waals surface area (Å²) in [5.74, 6) is 0.110. The van der Waals surface area contributed by atoms with Gasteiger partial charge in [-0.05, 0) is 50.0 Å². The Morgan fingerprint density at radius 3 is 2.70 bits per heavy atom. The lowest BCUT2D eigenvalue weighted by molar-refractivity contribution is 0.102. The highest BCUT2D eigenvalue weighted by Gasteiger charge is 2.19. The average Bonchev–Trinajstić information content (AvgIpc) is 3.18. The molecule has 2 N–H and O–H groups in total. The van der Waals surface area contributed by atoms with Crippen LogP contribution in [0, 0.1) is 0 Å². The summed E-state index contributed by atoms with van der Waals surface area (Å²) < 4.78 is 1.22. The molecule has 0 atom stereocenters. The van der Waals surface area contributed by atoms with E-state index in [0.717, 1.165) is 25.9 Å². The number of aromatic nitrogens is 3. The lowest BCUT2D eigenvalue weighted by atomic mass is 9.97. The van der Waals surface area contributed by atoms with Gasteiger partial charge in [-0.1, -0.05) is 18.2 Å². The summed E-state index contributed by atoms with van der Waals surface area (Å²) in [6.07, 6.45) is 4.01. The second-order valence-corrected chi connectivity index (χ2v) is 7.41. The van der Waals surface area contributed by atoms with Crippen molar-refractivity contribution in [3.63, 3.8) is 0 Å². The molecule has 0 unspecified atom stereocenters. The first-order valence-corrected chi connectivity index (χ1v) is 9.66. The van der Waals surface area contributed by atoms with Gasteiger partial charge in [-0.15, -0.1) is 11.3 Å². The fourth-order valence-corrected chi connectivity index (χ4v) is 4.07. The minimum absolute atomic E-state index is 0.164. The van der Waals surface area contributed by atoms with Crippen LogP contribution < -0.4 is 16.2 Å². The zero-order valence-electron chi connectivity index (χ0n) is 14.6. The van der Waals surface area contributed by atoms with Crippen LogP contribution in [-0.4, -0.2) is 33.8 Å². The van der Waals surface area contributed by atoms with Gasteiger partial charge in [0.15, 0.2) is 5.13 Å². The van der Waals surface area contributed by atoms with Crippen LogP contribution in [0.2, 0.25) is 0 Å². The first kappa shape index (κ1) is 17.6. The number of benzene rings is 1. The van der Waals surface area contributed by atoms with E-state index in [4.69, 9.17) is 0 Å². The summed E-state index contributed by atoms with van der Waals surface area (Å²) in [4.78, 5) is 30.2. The Balaban J connectivity index is 1.52. The van der Waals surface area contributed by atoms with Gasteiger partial charge in [0, 0.05) is 17.1 Å². The maximum atomic E-state index is 12.6. The van der Waals surface area contributed by atoms with Crippen molar-refractivity contribution in [1.82, 2.24) is 20.1 Å². The second kappa shape index (κ2) is 7.81. The first-order chi connectivity index (χ1) is 13.2. The molecule has 1 amide bonds. The molecule has 7 nitrogen and oxygen atoms in total. The lowest BCUT2D eigenvalue weighted by Gasteiger charge is -2.20. The molecule has 1 aliphatic rings. The summed E-state index contributed by atoms with van der Waals surface area (Å²) in [5, 5.41) is 10.9. The maximum Gasteiger partial charge on any atom is 0.277 e. The molecular weight excluding hydrogens is 362 g/mol. The minimum Gasteiger partial charge on any atom is -0.317 e. The largest absolute Gasteiger partial charge is 0.317 e. The van der Waals surface area contributed by atoms with E-state index in [0.29, 0.717) is 16.7 Å². The highest BCUT2D eigenvalue weighted by Crippen LogP contribution is 2.31. The van der Waals surface area contributed by atoms with Crippen molar-refractivity contribution >= 4 is 22.4 Å². The van der Waals surface area contributed by atoms with Gasteiger partial charge < -0.3 is 5.32 Å². The molecule has 1 aliphatic heterocycles. The van der Waals surface area contributed by atoms with Crippen LogP contribution in [0.4, 0.5) is 5.13 Å². The number of carbonyl (C=O) groups is 1. The van der Waals surface area contributed by atoms with E-state index in [9.17, 15) is 9.59 Å². The number of anilines is 1. The Labute approximate surface area is 160 Å². The third-order valence-corrected chi connectivity index (χ3v) is 5.59. The fourth-order valence-electron chi connectivity index (χ4n) is 3.09. The van der Waals surface area contributed by atoms with E-state index in [1.807, 2.05) is 24.4 Å². The molecule has 0 saturated carbocycles. The smallest absolute Gasteiger partial charge is 0.277 e. The number of piperidine rings is 1. The number of carbonyl (C=O) groups excluding carboxylic acids is 1. The first-order valence-electron chi connectivity index (χ1n) is 8.84. The summed E-state index contributed by atoms with van der Waals surface area (Å²) in [7, 11) is 0. The van der Waals surface area contributed by atoms with Gasteiger partial charge in [0.2, 0.25) is 0 Å². The Kier molecular flexibility index (Phi) is 5.08. The molecule has 27 heavy (non-hydrogen) atoms. The van der Waals surface area contributed by atoms with Crippen LogP contribution in [0.15, 0.2) is 53.5 Å². The Bertz CT molecular complexity index is 993. The summed E-state index contributed by atoms with van der Waals surface area (Å²) in [5.41, 5.74) is 0.483. The third-order valence-electron chi connectivity index (χ3n) is 4.52. The zero-order valence-corrected chi connectivity index (χ0v) is 15.4. The molecule has 138 valence electrons. The molecule has 2 aromatic heterocycles. The van der Waals surface area contributed by atoms with Crippen LogP contribution in [0.5, 0.6) is 0 Å². The topological polar surface area (TPSA) is 88.9 Å². The number of nitrogens with one attached hydrogen (secondary N) is 2. The predicted molar refractivity (Wildman–Crippen MR) is 105 cm³/mol. The number of para-hydroxylation sites is 1. The molecule has 0 radical (unpaired) electrons. The van der Waals surface area contributed by atoms with Crippen LogP contribution in [0.3, 0.4) is 0 Å². The van der Waals surface area contributed by atoms with Crippen LogP contribution in [0.25, 0.3) is 5.69 Å². The Hall–Kier alpha value is -2.84. The molecule has 3 heterocycles. The van der Waals surface area contributed by atoms with E-state index in [1.54, 1.807) is 12.1 Å². The molecule has 0 aliphatic carbocycles. The molecule has 1 aromatic carbocycles. The normalized spacial score (nSPS) is 14.8. The summed E-state index contributed by atoms with van der Waals surface area (Å²) in [6, 6.07) is 11.8. The monoisotopic (exact) mass is 381 g/mol. The number of hydrogen-bond donors (Lipinski definition) is 2. The van der Waals surface area contributed by atoms with Crippen LogP contribution in [-0.2, 0) is 0 Å². The van der Waals surface area contributed by atoms with Gasteiger partial charge >= 0.3 is 0 Å². The van der Waals surface area contributed by atoms with Crippen molar-refractivity contribution in [3.8, 4) is 5.69 Å². The molecule has 1 saturated heterocycles. The van der Waals surface area contributed by atoms with Crippen molar-refractivity contribution in [2.45, 2.75) is 18.8 Å². The predicted octanol–water partition coefficient (Wildman–Crippen LogP) is 2.41. The summed E-state index contributed by atoms with van der Waals surface area (Å²) in [6.45, 7) is 2.02. The molecule has 8 heteroatoms. The van der Waals surface area contributed by atoms with E-state index >= 15 is 0 Å². The fraction of sp³-hybridized carbons (Fsp3) is 0.263. The van der Waals surface area contributed by atoms with Crippen molar-refractivity contribution in [3.05, 3.63) is 69.6 Å². The molecule has 4 rings (SSSR count). The number of amides is 1. The van der Waals surface area contributed by atoms with Gasteiger partial charge in [0.25, 0.3) is 11.5 Å².